The third-order valence-corrected chi connectivity index (χ3v) is 5.09. The van der Waals surface area contributed by atoms with Gasteiger partial charge in [-0.15, -0.1) is 11.3 Å². The number of ether oxygens (including phenoxy) is 1. The van der Waals surface area contributed by atoms with Gasteiger partial charge >= 0.3 is 0 Å². The lowest BCUT2D eigenvalue weighted by molar-refractivity contribution is 0.0466. The standard InChI is InChI=1S/C13H19NOS/c1-14-8-11-13-10(6-7-15-11)9-4-2-3-5-12(9)16-13/h11,14H,2-8H2,1H3. The van der Waals surface area contributed by atoms with E-state index >= 15 is 0 Å². The highest BCUT2D eigenvalue weighted by Crippen LogP contribution is 2.40. The maximum atomic E-state index is 5.87. The first-order chi connectivity index (χ1) is 7.90. The van der Waals surface area contributed by atoms with Crippen molar-refractivity contribution in [2.24, 2.45) is 0 Å². The highest BCUT2D eigenvalue weighted by atomic mass is 32.1. The second kappa shape index (κ2) is 4.47. The Bertz CT molecular complexity index is 386. The Kier molecular flexibility index (Phi) is 3.01. The molecule has 1 atom stereocenters. The first-order valence-electron chi connectivity index (χ1n) is 6.29. The van der Waals surface area contributed by atoms with Gasteiger partial charge in [0.15, 0.2) is 0 Å². The fourth-order valence-corrected chi connectivity index (χ4v) is 4.39. The number of thiophene rings is 1. The third kappa shape index (κ3) is 1.71. The van der Waals surface area contributed by atoms with Gasteiger partial charge in [-0.3, -0.25) is 0 Å². The quantitative estimate of drug-likeness (QED) is 0.853. The van der Waals surface area contributed by atoms with Crippen molar-refractivity contribution in [3.8, 4) is 0 Å². The summed E-state index contributed by atoms with van der Waals surface area (Å²) in [5.41, 5.74) is 3.34. The maximum Gasteiger partial charge on any atom is 0.104 e. The largest absolute Gasteiger partial charge is 0.371 e. The van der Waals surface area contributed by atoms with Crippen LogP contribution in [0.4, 0.5) is 0 Å². The van der Waals surface area contributed by atoms with Gasteiger partial charge in [-0.1, -0.05) is 0 Å². The summed E-state index contributed by atoms with van der Waals surface area (Å²) in [5.74, 6) is 0. The molecule has 0 saturated heterocycles. The van der Waals surface area contributed by atoms with E-state index in [1.165, 1.54) is 30.6 Å². The molecular weight excluding hydrogens is 218 g/mol. The molecule has 16 heavy (non-hydrogen) atoms. The van der Waals surface area contributed by atoms with E-state index in [4.69, 9.17) is 4.74 Å². The number of likely N-dealkylation sites (N-methyl/N-ethyl adjacent to an activating group) is 1. The lowest BCUT2D eigenvalue weighted by Gasteiger charge is -2.23. The van der Waals surface area contributed by atoms with E-state index in [-0.39, 0.29) is 0 Å². The van der Waals surface area contributed by atoms with Crippen molar-refractivity contribution < 1.29 is 4.74 Å². The Morgan fingerprint density at radius 2 is 2.12 bits per heavy atom. The Labute approximate surface area is 101 Å². The van der Waals surface area contributed by atoms with Crippen molar-refractivity contribution >= 4 is 11.3 Å². The molecule has 0 saturated carbocycles. The molecule has 1 aliphatic carbocycles. The molecular formula is C13H19NOS. The van der Waals surface area contributed by atoms with Gasteiger partial charge in [0.1, 0.15) is 6.10 Å². The van der Waals surface area contributed by atoms with Crippen LogP contribution in [0.3, 0.4) is 0 Å². The van der Waals surface area contributed by atoms with Gasteiger partial charge in [0.2, 0.25) is 0 Å². The van der Waals surface area contributed by atoms with Crippen molar-refractivity contribution in [3.05, 3.63) is 20.9 Å². The summed E-state index contributed by atoms with van der Waals surface area (Å²) >= 11 is 2.02. The van der Waals surface area contributed by atoms with Crippen molar-refractivity contribution in [2.75, 3.05) is 20.2 Å². The molecule has 0 bridgehead atoms. The molecule has 1 aromatic heterocycles. The summed E-state index contributed by atoms with van der Waals surface area (Å²) in [5, 5.41) is 3.24. The van der Waals surface area contributed by atoms with Gasteiger partial charge in [-0.05, 0) is 50.3 Å². The minimum Gasteiger partial charge on any atom is -0.371 e. The highest BCUT2D eigenvalue weighted by Gasteiger charge is 2.28. The van der Waals surface area contributed by atoms with Gasteiger partial charge < -0.3 is 10.1 Å². The maximum absolute atomic E-state index is 5.87. The predicted octanol–water partition coefficient (Wildman–Crippen LogP) is 2.46. The van der Waals surface area contributed by atoms with Crippen LogP contribution in [0.5, 0.6) is 0 Å². The molecule has 3 heteroatoms. The van der Waals surface area contributed by atoms with Crippen LogP contribution in [0, 0.1) is 0 Å². The molecule has 2 aliphatic rings. The Morgan fingerprint density at radius 3 is 3.00 bits per heavy atom. The summed E-state index contributed by atoms with van der Waals surface area (Å²) in [6, 6.07) is 0. The molecule has 3 rings (SSSR count). The first-order valence-corrected chi connectivity index (χ1v) is 7.11. The van der Waals surface area contributed by atoms with Crippen molar-refractivity contribution in [2.45, 2.75) is 38.2 Å². The Morgan fingerprint density at radius 1 is 1.25 bits per heavy atom. The molecule has 1 aliphatic heterocycles. The minimum atomic E-state index is 0.310. The van der Waals surface area contributed by atoms with E-state index in [1.54, 1.807) is 16.0 Å². The van der Waals surface area contributed by atoms with E-state index in [9.17, 15) is 0 Å². The van der Waals surface area contributed by atoms with E-state index in [2.05, 4.69) is 5.32 Å². The summed E-state index contributed by atoms with van der Waals surface area (Å²) < 4.78 is 5.87. The average Bonchev–Trinajstić information content (AvgIpc) is 2.69. The zero-order valence-electron chi connectivity index (χ0n) is 9.84. The highest BCUT2D eigenvalue weighted by molar-refractivity contribution is 7.12. The van der Waals surface area contributed by atoms with E-state index < -0.39 is 0 Å². The van der Waals surface area contributed by atoms with Gasteiger partial charge in [-0.2, -0.15) is 0 Å². The van der Waals surface area contributed by atoms with E-state index in [0.717, 1.165) is 19.6 Å². The molecule has 0 spiro atoms. The Balaban J connectivity index is 1.98. The molecule has 1 unspecified atom stereocenters. The lowest BCUT2D eigenvalue weighted by Crippen LogP contribution is -2.24. The molecule has 0 amide bonds. The SMILES string of the molecule is CNCC1OCCc2c1sc1c2CCCC1. The normalized spacial score (nSPS) is 23.9. The van der Waals surface area contributed by atoms with Crippen molar-refractivity contribution in [1.82, 2.24) is 5.32 Å². The molecule has 0 radical (unpaired) electrons. The molecule has 0 aromatic carbocycles. The summed E-state index contributed by atoms with van der Waals surface area (Å²) in [6.45, 7) is 1.86. The number of nitrogens with one attached hydrogen (secondary N) is 1. The molecule has 2 nitrogen and oxygen atoms in total. The lowest BCUT2D eigenvalue weighted by atomic mass is 9.92. The predicted molar refractivity (Wildman–Crippen MR) is 67.3 cm³/mol. The van der Waals surface area contributed by atoms with Crippen LogP contribution < -0.4 is 5.32 Å². The minimum absolute atomic E-state index is 0.310. The van der Waals surface area contributed by atoms with Crippen LogP contribution in [0.1, 0.15) is 39.8 Å². The average molecular weight is 237 g/mol. The van der Waals surface area contributed by atoms with Gasteiger partial charge in [0, 0.05) is 16.3 Å². The topological polar surface area (TPSA) is 21.3 Å². The second-order valence-corrected chi connectivity index (χ2v) is 5.86. The fraction of sp³-hybridized carbons (Fsp3) is 0.692. The van der Waals surface area contributed by atoms with Crippen LogP contribution in [-0.4, -0.2) is 20.2 Å². The van der Waals surface area contributed by atoms with E-state index in [1.807, 2.05) is 18.4 Å². The summed E-state index contributed by atoms with van der Waals surface area (Å²) in [7, 11) is 2.01. The van der Waals surface area contributed by atoms with Crippen molar-refractivity contribution in [1.29, 1.82) is 0 Å². The molecule has 88 valence electrons. The molecule has 2 heterocycles. The van der Waals surface area contributed by atoms with Crippen LogP contribution in [0.2, 0.25) is 0 Å². The van der Waals surface area contributed by atoms with Gasteiger partial charge in [0.05, 0.1) is 6.61 Å². The van der Waals surface area contributed by atoms with Crippen molar-refractivity contribution in [3.63, 3.8) is 0 Å². The van der Waals surface area contributed by atoms with Crippen LogP contribution in [-0.2, 0) is 24.0 Å². The van der Waals surface area contributed by atoms with E-state index in [0.29, 0.717) is 6.10 Å². The number of fused-ring (bicyclic) bond motifs is 3. The molecule has 1 N–H and O–H groups in total. The zero-order chi connectivity index (χ0) is 11.0. The number of rotatable bonds is 2. The number of hydrogen-bond acceptors (Lipinski definition) is 3. The number of hydrogen-bond donors (Lipinski definition) is 1. The first kappa shape index (κ1) is 10.8. The molecule has 0 fully saturated rings. The Hall–Kier alpha value is -0.380. The molecule has 1 aromatic rings. The zero-order valence-corrected chi connectivity index (χ0v) is 10.7. The third-order valence-electron chi connectivity index (χ3n) is 3.67. The number of aryl methyl sites for hydroxylation is 1. The van der Waals surface area contributed by atoms with Gasteiger partial charge in [-0.25, -0.2) is 0 Å². The smallest absolute Gasteiger partial charge is 0.104 e. The second-order valence-electron chi connectivity index (χ2n) is 4.72. The summed E-state index contributed by atoms with van der Waals surface area (Å²) in [6.07, 6.45) is 6.83. The van der Waals surface area contributed by atoms with Crippen LogP contribution in [0.15, 0.2) is 0 Å². The van der Waals surface area contributed by atoms with Gasteiger partial charge in [0.25, 0.3) is 0 Å². The summed E-state index contributed by atoms with van der Waals surface area (Å²) in [4.78, 5) is 3.18. The monoisotopic (exact) mass is 237 g/mol. The van der Waals surface area contributed by atoms with Crippen LogP contribution in [0.25, 0.3) is 0 Å². The van der Waals surface area contributed by atoms with Crippen LogP contribution >= 0.6 is 11.3 Å². The fourth-order valence-electron chi connectivity index (χ4n) is 2.90.